The fourth-order valence-corrected chi connectivity index (χ4v) is 7.27. The van der Waals surface area contributed by atoms with Crippen LogP contribution in [0.15, 0.2) is 40.6 Å². The normalized spacial score (nSPS) is 16.4. The molecule has 0 bridgehead atoms. The molecule has 1 saturated heterocycles. The van der Waals surface area contributed by atoms with Gasteiger partial charge in [-0.1, -0.05) is 18.2 Å². The third kappa shape index (κ3) is 5.00. The van der Waals surface area contributed by atoms with E-state index in [2.05, 4.69) is 5.32 Å². The summed E-state index contributed by atoms with van der Waals surface area (Å²) in [4.78, 5) is 15.2. The molecule has 1 amide bonds. The van der Waals surface area contributed by atoms with Crippen molar-refractivity contribution < 1.29 is 17.9 Å². The molecule has 0 saturated carbocycles. The molecule has 1 aliphatic rings. The van der Waals surface area contributed by atoms with E-state index in [9.17, 15) is 13.2 Å². The molecule has 0 spiro atoms. The van der Waals surface area contributed by atoms with Crippen LogP contribution in [-0.4, -0.2) is 75.9 Å². The van der Waals surface area contributed by atoms with Crippen molar-refractivity contribution in [3.8, 4) is 5.75 Å². The first kappa shape index (κ1) is 23.1. The van der Waals surface area contributed by atoms with E-state index in [-0.39, 0.29) is 21.7 Å². The zero-order chi connectivity index (χ0) is 21.7. The number of sulfonamides is 1. The third-order valence-electron chi connectivity index (χ3n) is 5.00. The molecule has 1 aliphatic heterocycles. The minimum Gasteiger partial charge on any atom is -0.496 e. The molecular formula is C20H27N3O4S3. The first-order chi connectivity index (χ1) is 14.4. The maximum Gasteiger partial charge on any atom is 0.262 e. The molecule has 1 aromatic heterocycles. The summed E-state index contributed by atoms with van der Waals surface area (Å²) < 4.78 is 33.0. The lowest BCUT2D eigenvalue weighted by Crippen LogP contribution is -2.39. The van der Waals surface area contributed by atoms with Crippen molar-refractivity contribution in [2.45, 2.75) is 10.9 Å². The number of hydrogen-bond acceptors (Lipinski definition) is 7. The van der Waals surface area contributed by atoms with Gasteiger partial charge in [-0.25, -0.2) is 8.42 Å². The Bertz CT molecular complexity index is 969. The minimum atomic E-state index is -3.67. The fourth-order valence-electron chi connectivity index (χ4n) is 3.37. The van der Waals surface area contributed by atoms with Gasteiger partial charge < -0.3 is 15.0 Å². The maximum atomic E-state index is 13.0. The van der Waals surface area contributed by atoms with Gasteiger partial charge in [0.15, 0.2) is 0 Å². The predicted octanol–water partition coefficient (Wildman–Crippen LogP) is 2.53. The molecule has 164 valence electrons. The quantitative estimate of drug-likeness (QED) is 0.640. The lowest BCUT2D eigenvalue weighted by atomic mass is 10.0. The van der Waals surface area contributed by atoms with E-state index in [0.29, 0.717) is 19.6 Å². The van der Waals surface area contributed by atoms with E-state index >= 15 is 0 Å². The van der Waals surface area contributed by atoms with Gasteiger partial charge in [0.2, 0.25) is 10.0 Å². The summed E-state index contributed by atoms with van der Waals surface area (Å²) in [6, 6.07) is 9.08. The smallest absolute Gasteiger partial charge is 0.262 e. The van der Waals surface area contributed by atoms with Crippen molar-refractivity contribution in [1.29, 1.82) is 0 Å². The number of nitrogens with zero attached hydrogens (tertiary/aromatic N) is 2. The highest BCUT2D eigenvalue weighted by Gasteiger charge is 2.31. The van der Waals surface area contributed by atoms with Crippen LogP contribution in [0.2, 0.25) is 0 Å². The van der Waals surface area contributed by atoms with E-state index < -0.39 is 10.0 Å². The molecule has 10 heteroatoms. The maximum absolute atomic E-state index is 13.0. The highest BCUT2D eigenvalue weighted by Crippen LogP contribution is 2.29. The molecule has 2 heterocycles. The van der Waals surface area contributed by atoms with E-state index in [1.165, 1.54) is 10.4 Å². The van der Waals surface area contributed by atoms with Gasteiger partial charge >= 0.3 is 0 Å². The number of rotatable bonds is 8. The number of thioether (sulfide) groups is 1. The Morgan fingerprint density at radius 3 is 2.60 bits per heavy atom. The van der Waals surface area contributed by atoms with Crippen LogP contribution in [0.5, 0.6) is 5.75 Å². The van der Waals surface area contributed by atoms with Gasteiger partial charge in [0, 0.05) is 36.7 Å². The van der Waals surface area contributed by atoms with Gasteiger partial charge in [-0.15, -0.1) is 11.3 Å². The number of ether oxygens (including phenoxy) is 1. The first-order valence-electron chi connectivity index (χ1n) is 9.59. The molecule has 1 fully saturated rings. The molecule has 3 rings (SSSR count). The number of hydrogen-bond donors (Lipinski definition) is 1. The zero-order valence-corrected chi connectivity index (χ0v) is 19.8. The second-order valence-corrected chi connectivity index (χ2v) is 11.1. The summed E-state index contributed by atoms with van der Waals surface area (Å²) in [7, 11) is 1.80. The molecule has 1 unspecified atom stereocenters. The van der Waals surface area contributed by atoms with Gasteiger partial charge in [-0.3, -0.25) is 4.79 Å². The molecule has 7 nitrogen and oxygen atoms in total. The Morgan fingerprint density at radius 2 is 1.93 bits per heavy atom. The fraction of sp³-hybridized carbons (Fsp3) is 0.450. The Kier molecular flexibility index (Phi) is 7.81. The SMILES string of the molecule is COc1ccccc1C(CNC(=O)c1sccc1S(=O)(=O)N1CCSCC1)N(C)C. The lowest BCUT2D eigenvalue weighted by molar-refractivity contribution is 0.0942. The van der Waals surface area contributed by atoms with Crippen LogP contribution in [0.4, 0.5) is 0 Å². The number of thiophene rings is 1. The van der Waals surface area contributed by atoms with Crippen molar-refractivity contribution in [2.75, 3.05) is 52.3 Å². The molecule has 1 aromatic carbocycles. The van der Waals surface area contributed by atoms with Gasteiger partial charge in [0.05, 0.1) is 13.2 Å². The number of amides is 1. The van der Waals surface area contributed by atoms with E-state index in [1.54, 1.807) is 24.3 Å². The topological polar surface area (TPSA) is 78.9 Å². The summed E-state index contributed by atoms with van der Waals surface area (Å²) in [5.41, 5.74) is 0.954. The summed E-state index contributed by atoms with van der Waals surface area (Å²) in [6.45, 7) is 1.27. The second-order valence-electron chi connectivity index (χ2n) is 7.06. The van der Waals surface area contributed by atoms with Crippen LogP contribution in [0.3, 0.4) is 0 Å². The van der Waals surface area contributed by atoms with Crippen LogP contribution in [0.25, 0.3) is 0 Å². The summed E-state index contributed by atoms with van der Waals surface area (Å²) in [5, 5.41) is 4.58. The Hall–Kier alpha value is -1.59. The highest BCUT2D eigenvalue weighted by molar-refractivity contribution is 7.99. The summed E-state index contributed by atoms with van der Waals surface area (Å²) >= 11 is 2.89. The number of nitrogens with one attached hydrogen (secondary N) is 1. The number of para-hydroxylation sites is 1. The third-order valence-corrected chi connectivity index (χ3v) is 8.93. The van der Waals surface area contributed by atoms with E-state index in [1.807, 2.05) is 43.3 Å². The monoisotopic (exact) mass is 469 g/mol. The van der Waals surface area contributed by atoms with Crippen LogP contribution < -0.4 is 10.1 Å². The number of carbonyl (C=O) groups is 1. The molecule has 1 N–H and O–H groups in total. The standard InChI is InChI=1S/C20H27N3O4S3/c1-22(2)16(15-6-4-5-7-17(15)27-3)14-21-20(24)19-18(8-11-29-19)30(25,26)23-9-12-28-13-10-23/h4-8,11,16H,9-10,12-14H2,1-3H3,(H,21,24). The van der Waals surface area contributed by atoms with Gasteiger partial charge in [0.25, 0.3) is 5.91 Å². The average molecular weight is 470 g/mol. The van der Waals surface area contributed by atoms with Crippen LogP contribution in [0, 0.1) is 0 Å². The van der Waals surface area contributed by atoms with Crippen molar-refractivity contribution >= 4 is 39.0 Å². The average Bonchev–Trinajstić information content (AvgIpc) is 3.25. The van der Waals surface area contributed by atoms with Crippen molar-refractivity contribution in [1.82, 2.24) is 14.5 Å². The number of benzene rings is 1. The molecule has 1 atom stereocenters. The van der Waals surface area contributed by atoms with Crippen LogP contribution >= 0.6 is 23.1 Å². The summed E-state index contributed by atoms with van der Waals surface area (Å²) in [6.07, 6.45) is 0. The molecule has 0 aliphatic carbocycles. The second kappa shape index (κ2) is 10.1. The largest absolute Gasteiger partial charge is 0.496 e. The number of carbonyl (C=O) groups excluding carboxylic acids is 1. The first-order valence-corrected chi connectivity index (χ1v) is 13.1. The Balaban J connectivity index is 1.77. The van der Waals surface area contributed by atoms with Gasteiger partial charge in [-0.2, -0.15) is 16.1 Å². The zero-order valence-electron chi connectivity index (χ0n) is 17.3. The molecular weight excluding hydrogens is 442 g/mol. The molecule has 2 aromatic rings. The molecule has 0 radical (unpaired) electrons. The Labute approximate surface area is 186 Å². The number of likely N-dealkylation sites (N-methyl/N-ethyl adjacent to an activating group) is 1. The van der Waals surface area contributed by atoms with Crippen LogP contribution in [-0.2, 0) is 10.0 Å². The van der Waals surface area contributed by atoms with E-state index in [4.69, 9.17) is 4.74 Å². The summed E-state index contributed by atoms with van der Waals surface area (Å²) in [5.74, 6) is 1.91. The van der Waals surface area contributed by atoms with Gasteiger partial charge in [0.1, 0.15) is 15.5 Å². The Morgan fingerprint density at radius 1 is 1.23 bits per heavy atom. The van der Waals surface area contributed by atoms with Crippen molar-refractivity contribution in [2.24, 2.45) is 0 Å². The van der Waals surface area contributed by atoms with E-state index in [0.717, 1.165) is 34.2 Å². The lowest BCUT2D eigenvalue weighted by Gasteiger charge is -2.27. The minimum absolute atomic E-state index is 0.0931. The predicted molar refractivity (Wildman–Crippen MR) is 122 cm³/mol. The highest BCUT2D eigenvalue weighted by atomic mass is 32.2. The number of methoxy groups -OCH3 is 1. The van der Waals surface area contributed by atoms with Gasteiger partial charge in [-0.05, 0) is 31.6 Å². The molecule has 30 heavy (non-hydrogen) atoms. The van der Waals surface area contributed by atoms with Crippen LogP contribution in [0.1, 0.15) is 21.3 Å². The van der Waals surface area contributed by atoms with Crippen molar-refractivity contribution in [3.63, 3.8) is 0 Å². The van der Waals surface area contributed by atoms with Crippen molar-refractivity contribution in [3.05, 3.63) is 46.2 Å².